The first kappa shape index (κ1) is 17.2. The summed E-state index contributed by atoms with van der Waals surface area (Å²) in [6, 6.07) is 13.0. The van der Waals surface area contributed by atoms with Crippen molar-refractivity contribution in [3.8, 4) is 0 Å². The van der Waals surface area contributed by atoms with Gasteiger partial charge >= 0.3 is 11.9 Å². The second-order valence-corrected chi connectivity index (χ2v) is 6.73. The fourth-order valence-electron chi connectivity index (χ4n) is 2.71. The van der Waals surface area contributed by atoms with Crippen LogP contribution in [0.2, 0.25) is 0 Å². The molecule has 0 aliphatic carbocycles. The topological polar surface area (TPSA) is 73.8 Å². The number of methoxy groups -OCH3 is 1. The van der Waals surface area contributed by atoms with E-state index < -0.39 is 17.7 Å². The third-order valence-corrected chi connectivity index (χ3v) is 5.03. The Balaban J connectivity index is 1.84. The number of nitrogens with zero attached hydrogens (tertiary/aromatic N) is 2. The van der Waals surface area contributed by atoms with E-state index in [1.807, 2.05) is 18.2 Å². The van der Waals surface area contributed by atoms with Crippen LogP contribution in [0.5, 0.6) is 0 Å². The Bertz CT molecular complexity index is 1220. The molecule has 6 nitrogen and oxygen atoms in total. The van der Waals surface area contributed by atoms with Crippen molar-refractivity contribution in [2.24, 2.45) is 4.99 Å². The van der Waals surface area contributed by atoms with Gasteiger partial charge in [-0.1, -0.05) is 29.5 Å². The van der Waals surface area contributed by atoms with Crippen LogP contribution in [0.1, 0.15) is 10.6 Å². The molecule has 4 aromatic rings. The second kappa shape index (κ2) is 6.81. The summed E-state index contributed by atoms with van der Waals surface area (Å²) in [6.07, 6.45) is 0. The first-order chi connectivity index (χ1) is 13.0. The second-order valence-electron chi connectivity index (χ2n) is 5.72. The Kier molecular flexibility index (Phi) is 4.33. The molecule has 1 amide bonds. The molecule has 0 unspecified atom stereocenters. The van der Waals surface area contributed by atoms with Gasteiger partial charge < -0.3 is 13.7 Å². The van der Waals surface area contributed by atoms with Crippen molar-refractivity contribution in [1.29, 1.82) is 0 Å². The number of benzene rings is 2. The smallest absolute Gasteiger partial charge is 0.325 e. The minimum absolute atomic E-state index is 0.0875. The molecule has 0 saturated heterocycles. The zero-order valence-corrected chi connectivity index (χ0v) is 15.0. The number of para-hydroxylation sites is 1. The van der Waals surface area contributed by atoms with Crippen LogP contribution in [-0.4, -0.2) is 23.6 Å². The van der Waals surface area contributed by atoms with E-state index in [0.717, 1.165) is 16.7 Å². The normalized spacial score (nSPS) is 12.0. The number of fused-ring (bicyclic) bond motifs is 2. The molecule has 0 radical (unpaired) electrons. The number of amides is 1. The van der Waals surface area contributed by atoms with E-state index in [-0.39, 0.29) is 17.1 Å². The minimum Gasteiger partial charge on any atom is -0.468 e. The summed E-state index contributed by atoms with van der Waals surface area (Å²) in [6.45, 7) is -0.144. The molecule has 27 heavy (non-hydrogen) atoms. The number of rotatable bonds is 3. The largest absolute Gasteiger partial charge is 0.468 e. The monoisotopic (exact) mass is 384 g/mol. The fraction of sp³-hybridized carbons (Fsp3) is 0.105. The molecule has 2 aromatic heterocycles. The van der Waals surface area contributed by atoms with E-state index in [9.17, 15) is 14.0 Å². The lowest BCUT2D eigenvalue weighted by molar-refractivity contribution is -0.141. The lowest BCUT2D eigenvalue weighted by Crippen LogP contribution is -2.22. The van der Waals surface area contributed by atoms with Gasteiger partial charge in [-0.05, 0) is 30.3 Å². The number of carbonyl (C=O) groups is 2. The van der Waals surface area contributed by atoms with Crippen molar-refractivity contribution in [3.05, 3.63) is 64.9 Å². The van der Waals surface area contributed by atoms with Gasteiger partial charge in [0.15, 0.2) is 10.6 Å². The lowest BCUT2D eigenvalue weighted by atomic mass is 10.2. The highest BCUT2D eigenvalue weighted by molar-refractivity contribution is 7.16. The molecule has 136 valence electrons. The molecule has 0 atom stereocenters. The van der Waals surface area contributed by atoms with Gasteiger partial charge in [-0.25, -0.2) is 4.39 Å². The summed E-state index contributed by atoms with van der Waals surface area (Å²) in [4.78, 5) is 28.7. The Morgan fingerprint density at radius 3 is 2.81 bits per heavy atom. The van der Waals surface area contributed by atoms with Gasteiger partial charge in [0.2, 0.25) is 0 Å². The molecular weight excluding hydrogens is 371 g/mol. The van der Waals surface area contributed by atoms with E-state index in [1.165, 1.54) is 29.9 Å². The first-order valence-electron chi connectivity index (χ1n) is 7.98. The van der Waals surface area contributed by atoms with Crippen LogP contribution in [0.25, 0.3) is 21.2 Å². The number of ether oxygens (including phenoxy) is 1. The number of halogens is 1. The highest BCUT2D eigenvalue weighted by Crippen LogP contribution is 2.21. The molecule has 0 bridgehead atoms. The predicted octanol–water partition coefficient (Wildman–Crippen LogP) is 3.50. The molecule has 2 aromatic carbocycles. The summed E-state index contributed by atoms with van der Waals surface area (Å²) in [5.74, 6) is -1.41. The van der Waals surface area contributed by atoms with Crippen LogP contribution >= 0.6 is 11.3 Å². The summed E-state index contributed by atoms with van der Waals surface area (Å²) < 4.78 is 25.9. The Morgan fingerprint density at radius 1 is 1.22 bits per heavy atom. The van der Waals surface area contributed by atoms with Crippen molar-refractivity contribution in [3.63, 3.8) is 0 Å². The molecule has 4 rings (SSSR count). The maximum atomic E-state index is 13.5. The average molecular weight is 384 g/mol. The summed E-state index contributed by atoms with van der Waals surface area (Å²) >= 11 is 1.11. The van der Waals surface area contributed by atoms with Crippen molar-refractivity contribution >= 4 is 44.4 Å². The van der Waals surface area contributed by atoms with Crippen molar-refractivity contribution in [1.82, 2.24) is 4.57 Å². The fourth-order valence-corrected chi connectivity index (χ4v) is 3.76. The van der Waals surface area contributed by atoms with Crippen LogP contribution in [-0.2, 0) is 16.1 Å². The van der Waals surface area contributed by atoms with Gasteiger partial charge in [0, 0.05) is 5.39 Å². The third-order valence-electron chi connectivity index (χ3n) is 3.99. The van der Waals surface area contributed by atoms with E-state index in [4.69, 9.17) is 9.15 Å². The van der Waals surface area contributed by atoms with Crippen LogP contribution < -0.4 is 4.80 Å². The van der Waals surface area contributed by atoms with Crippen molar-refractivity contribution < 1.29 is 23.1 Å². The van der Waals surface area contributed by atoms with E-state index in [0.29, 0.717) is 15.8 Å². The molecule has 0 aliphatic rings. The zero-order chi connectivity index (χ0) is 19.0. The number of furan rings is 1. The summed E-state index contributed by atoms with van der Waals surface area (Å²) in [5, 5.41) is 0.789. The SMILES string of the molecule is COC(=O)Cn1c(=NC(=O)c2cc3ccccc3o2)sc2cc(F)ccc21. The lowest BCUT2D eigenvalue weighted by Gasteiger charge is -2.03. The molecule has 0 aliphatic heterocycles. The maximum Gasteiger partial charge on any atom is 0.325 e. The highest BCUT2D eigenvalue weighted by atomic mass is 32.1. The Labute approximate surface area is 156 Å². The van der Waals surface area contributed by atoms with Crippen LogP contribution in [0.4, 0.5) is 4.39 Å². The quantitative estimate of drug-likeness (QED) is 0.507. The highest BCUT2D eigenvalue weighted by Gasteiger charge is 2.15. The van der Waals surface area contributed by atoms with Crippen LogP contribution in [0, 0.1) is 5.82 Å². The number of carbonyl (C=O) groups excluding carboxylic acids is 2. The van der Waals surface area contributed by atoms with Crippen LogP contribution in [0.15, 0.2) is 57.9 Å². The predicted molar refractivity (Wildman–Crippen MR) is 97.9 cm³/mol. The van der Waals surface area contributed by atoms with Gasteiger partial charge in [-0.15, -0.1) is 0 Å². The maximum absolute atomic E-state index is 13.5. The Hall–Kier alpha value is -3.26. The molecule has 0 N–H and O–H groups in total. The number of esters is 1. The standard InChI is InChI=1S/C19H13FN2O4S/c1-25-17(23)10-22-13-7-6-12(20)9-16(13)27-19(22)21-18(24)15-8-11-4-2-3-5-14(11)26-15/h2-9H,10H2,1H3. The summed E-state index contributed by atoms with van der Waals surface area (Å²) in [7, 11) is 1.27. The van der Waals surface area contributed by atoms with Gasteiger partial charge in [-0.3, -0.25) is 9.59 Å². The summed E-state index contributed by atoms with van der Waals surface area (Å²) in [5.41, 5.74) is 1.17. The molecule has 0 spiro atoms. The van der Waals surface area contributed by atoms with Crippen LogP contribution in [0.3, 0.4) is 0 Å². The van der Waals surface area contributed by atoms with E-state index >= 15 is 0 Å². The zero-order valence-electron chi connectivity index (χ0n) is 14.1. The molecule has 0 fully saturated rings. The first-order valence-corrected chi connectivity index (χ1v) is 8.80. The number of aromatic nitrogens is 1. The third kappa shape index (κ3) is 3.26. The molecule has 8 heteroatoms. The van der Waals surface area contributed by atoms with Gasteiger partial charge in [0.25, 0.3) is 0 Å². The minimum atomic E-state index is -0.586. The molecular formula is C19H13FN2O4S. The molecule has 2 heterocycles. The average Bonchev–Trinajstić information content (AvgIpc) is 3.23. The van der Waals surface area contributed by atoms with E-state index in [1.54, 1.807) is 12.1 Å². The number of hydrogen-bond donors (Lipinski definition) is 0. The van der Waals surface area contributed by atoms with Gasteiger partial charge in [-0.2, -0.15) is 4.99 Å². The Morgan fingerprint density at radius 2 is 2.04 bits per heavy atom. The van der Waals surface area contributed by atoms with Crippen molar-refractivity contribution in [2.75, 3.05) is 7.11 Å². The van der Waals surface area contributed by atoms with Gasteiger partial charge in [0.05, 0.1) is 17.3 Å². The number of hydrogen-bond acceptors (Lipinski definition) is 5. The molecule has 0 saturated carbocycles. The van der Waals surface area contributed by atoms with Gasteiger partial charge in [0.1, 0.15) is 17.9 Å². The van der Waals surface area contributed by atoms with Crippen molar-refractivity contribution in [2.45, 2.75) is 6.54 Å². The number of thiazole rings is 1. The van der Waals surface area contributed by atoms with E-state index in [2.05, 4.69) is 4.99 Å².